The molecule has 0 saturated carbocycles. The summed E-state index contributed by atoms with van der Waals surface area (Å²) in [4.78, 5) is 0. The molecule has 2 heterocycles. The van der Waals surface area contributed by atoms with Crippen molar-refractivity contribution < 1.29 is 4.42 Å². The lowest BCUT2D eigenvalue weighted by Gasteiger charge is -2.00. The Hall–Kier alpha value is -1.14. The van der Waals surface area contributed by atoms with E-state index in [4.69, 9.17) is 4.42 Å². The Morgan fingerprint density at radius 2 is 2.29 bits per heavy atom. The summed E-state index contributed by atoms with van der Waals surface area (Å²) in [6.45, 7) is 3.88. The summed E-state index contributed by atoms with van der Waals surface area (Å²) in [6.07, 6.45) is 1.12. The number of aromatic nitrogens is 3. The lowest BCUT2D eigenvalue weighted by molar-refractivity contribution is 0.489. The van der Waals surface area contributed by atoms with Crippen molar-refractivity contribution in [3.05, 3.63) is 22.5 Å². The van der Waals surface area contributed by atoms with E-state index in [9.17, 15) is 0 Å². The fourth-order valence-corrected chi connectivity index (χ4v) is 2.10. The summed E-state index contributed by atoms with van der Waals surface area (Å²) >= 11 is 3.36. The first kappa shape index (κ1) is 12.3. The number of hydrogen-bond donors (Lipinski definition) is 1. The van der Waals surface area contributed by atoms with Crippen LogP contribution in [0.4, 0.5) is 0 Å². The van der Waals surface area contributed by atoms with Crippen LogP contribution in [0.3, 0.4) is 0 Å². The second kappa shape index (κ2) is 5.46. The molecule has 0 atom stereocenters. The van der Waals surface area contributed by atoms with Crippen molar-refractivity contribution in [2.75, 3.05) is 6.54 Å². The zero-order valence-electron chi connectivity index (χ0n) is 9.90. The van der Waals surface area contributed by atoms with Crippen LogP contribution in [-0.4, -0.2) is 21.5 Å². The maximum Gasteiger partial charge on any atom is 0.159 e. The first-order chi connectivity index (χ1) is 8.22. The van der Waals surface area contributed by atoms with E-state index in [1.165, 1.54) is 0 Å². The number of aryl methyl sites for hydroxylation is 1. The van der Waals surface area contributed by atoms with Crippen LogP contribution in [0.25, 0.3) is 11.5 Å². The van der Waals surface area contributed by atoms with Gasteiger partial charge in [0.1, 0.15) is 11.5 Å². The third-order valence-corrected chi connectivity index (χ3v) is 2.94. The second-order valence-corrected chi connectivity index (χ2v) is 4.55. The van der Waals surface area contributed by atoms with E-state index in [1.807, 2.05) is 19.2 Å². The fourth-order valence-electron chi connectivity index (χ4n) is 1.58. The predicted molar refractivity (Wildman–Crippen MR) is 68.4 cm³/mol. The number of nitrogens with zero attached hydrogens (tertiary/aromatic N) is 3. The van der Waals surface area contributed by atoms with Gasteiger partial charge < -0.3 is 9.73 Å². The molecule has 0 radical (unpaired) electrons. The normalized spacial score (nSPS) is 11.0. The van der Waals surface area contributed by atoms with Gasteiger partial charge in [0.15, 0.2) is 10.4 Å². The predicted octanol–water partition coefficient (Wildman–Crippen LogP) is 2.34. The zero-order chi connectivity index (χ0) is 12.3. The molecule has 6 heteroatoms. The molecule has 92 valence electrons. The van der Waals surface area contributed by atoms with Crippen molar-refractivity contribution in [1.29, 1.82) is 0 Å². The van der Waals surface area contributed by atoms with Crippen molar-refractivity contribution in [2.45, 2.75) is 19.9 Å². The molecule has 17 heavy (non-hydrogen) atoms. The lowest BCUT2D eigenvalue weighted by Crippen LogP contribution is -2.12. The average molecular weight is 299 g/mol. The molecule has 0 saturated heterocycles. The van der Waals surface area contributed by atoms with E-state index in [-0.39, 0.29) is 0 Å². The van der Waals surface area contributed by atoms with Crippen LogP contribution >= 0.6 is 15.9 Å². The third-order valence-electron chi connectivity index (χ3n) is 2.41. The van der Waals surface area contributed by atoms with Crippen molar-refractivity contribution >= 4 is 15.9 Å². The lowest BCUT2D eigenvalue weighted by atomic mass is 10.3. The van der Waals surface area contributed by atoms with E-state index in [1.54, 1.807) is 4.68 Å². The topological polar surface area (TPSA) is 55.9 Å². The molecule has 1 N–H and O–H groups in total. The van der Waals surface area contributed by atoms with E-state index in [0.717, 1.165) is 36.7 Å². The summed E-state index contributed by atoms with van der Waals surface area (Å²) in [5, 5.41) is 11.1. The Bertz CT molecular complexity index is 472. The van der Waals surface area contributed by atoms with Crippen LogP contribution in [0.5, 0.6) is 0 Å². The maximum absolute atomic E-state index is 5.74. The van der Waals surface area contributed by atoms with Crippen LogP contribution in [0, 0.1) is 0 Å². The summed E-state index contributed by atoms with van der Waals surface area (Å²) < 4.78 is 8.13. The van der Waals surface area contributed by atoms with Gasteiger partial charge in [-0.15, -0.1) is 5.10 Å². The van der Waals surface area contributed by atoms with Crippen LogP contribution in [-0.2, 0) is 13.6 Å². The monoisotopic (exact) mass is 298 g/mol. The molecule has 2 rings (SSSR count). The molecule has 0 aliphatic rings. The molecule has 0 amide bonds. The van der Waals surface area contributed by atoms with Crippen LogP contribution in [0.2, 0.25) is 0 Å². The van der Waals surface area contributed by atoms with Crippen molar-refractivity contribution in [3.63, 3.8) is 0 Å². The van der Waals surface area contributed by atoms with Crippen LogP contribution in [0.15, 0.2) is 21.2 Å². The molecular weight excluding hydrogens is 284 g/mol. The molecule has 0 bridgehead atoms. The van der Waals surface area contributed by atoms with E-state index in [2.05, 4.69) is 38.5 Å². The molecule has 0 aliphatic carbocycles. The Balaban J connectivity index is 2.13. The SMILES string of the molecule is CCCNCc1ccc(-c2c(Br)nnn2C)o1. The Labute approximate surface area is 108 Å². The molecule has 0 aromatic carbocycles. The average Bonchev–Trinajstić information content (AvgIpc) is 2.87. The largest absolute Gasteiger partial charge is 0.458 e. The fraction of sp³-hybridized carbons (Fsp3) is 0.455. The number of nitrogens with one attached hydrogen (secondary N) is 1. The first-order valence-electron chi connectivity index (χ1n) is 5.57. The summed E-state index contributed by atoms with van der Waals surface area (Å²) in [5.74, 6) is 1.69. The van der Waals surface area contributed by atoms with Crippen molar-refractivity contribution in [2.24, 2.45) is 7.05 Å². The standard InChI is InChI=1S/C11H15BrN4O/c1-3-6-13-7-8-4-5-9(17-8)10-11(12)14-15-16(10)2/h4-5,13H,3,6-7H2,1-2H3. The van der Waals surface area contributed by atoms with Gasteiger partial charge in [0.05, 0.1) is 6.54 Å². The highest BCUT2D eigenvalue weighted by Gasteiger charge is 2.14. The van der Waals surface area contributed by atoms with Gasteiger partial charge in [0, 0.05) is 7.05 Å². The summed E-state index contributed by atoms with van der Waals surface area (Å²) in [5.41, 5.74) is 0.853. The Kier molecular flexibility index (Phi) is 3.96. The quantitative estimate of drug-likeness (QED) is 0.861. The first-order valence-corrected chi connectivity index (χ1v) is 6.36. The highest BCUT2D eigenvalue weighted by atomic mass is 79.9. The van der Waals surface area contributed by atoms with E-state index < -0.39 is 0 Å². The molecule has 2 aromatic rings. The van der Waals surface area contributed by atoms with Crippen molar-refractivity contribution in [1.82, 2.24) is 20.3 Å². The maximum atomic E-state index is 5.74. The molecule has 5 nitrogen and oxygen atoms in total. The van der Waals surface area contributed by atoms with Crippen LogP contribution < -0.4 is 5.32 Å². The number of hydrogen-bond acceptors (Lipinski definition) is 4. The van der Waals surface area contributed by atoms with E-state index >= 15 is 0 Å². The van der Waals surface area contributed by atoms with Gasteiger partial charge >= 0.3 is 0 Å². The molecule has 0 fully saturated rings. The number of rotatable bonds is 5. The third kappa shape index (κ3) is 2.76. The minimum absolute atomic E-state index is 0.697. The molecular formula is C11H15BrN4O. The summed E-state index contributed by atoms with van der Waals surface area (Å²) in [6, 6.07) is 3.91. The molecule has 0 spiro atoms. The van der Waals surface area contributed by atoms with Gasteiger partial charge in [0.25, 0.3) is 0 Å². The van der Waals surface area contributed by atoms with Crippen LogP contribution in [0.1, 0.15) is 19.1 Å². The van der Waals surface area contributed by atoms with Gasteiger partial charge in [0.2, 0.25) is 0 Å². The number of furan rings is 1. The minimum atomic E-state index is 0.697. The summed E-state index contributed by atoms with van der Waals surface area (Å²) in [7, 11) is 1.84. The van der Waals surface area contributed by atoms with Gasteiger partial charge in [-0.1, -0.05) is 12.1 Å². The highest BCUT2D eigenvalue weighted by Crippen LogP contribution is 2.27. The second-order valence-electron chi connectivity index (χ2n) is 3.80. The van der Waals surface area contributed by atoms with Crippen molar-refractivity contribution in [3.8, 4) is 11.5 Å². The van der Waals surface area contributed by atoms with Gasteiger partial charge in [-0.25, -0.2) is 4.68 Å². The zero-order valence-corrected chi connectivity index (χ0v) is 11.5. The van der Waals surface area contributed by atoms with Gasteiger partial charge in [-0.2, -0.15) is 0 Å². The van der Waals surface area contributed by atoms with E-state index in [0.29, 0.717) is 4.60 Å². The van der Waals surface area contributed by atoms with Gasteiger partial charge in [-0.05, 0) is 41.0 Å². The molecule has 0 unspecified atom stereocenters. The number of halogens is 1. The highest BCUT2D eigenvalue weighted by molar-refractivity contribution is 9.10. The Morgan fingerprint density at radius 3 is 2.94 bits per heavy atom. The molecule has 2 aromatic heterocycles. The minimum Gasteiger partial charge on any atom is -0.458 e. The van der Waals surface area contributed by atoms with Gasteiger partial charge in [-0.3, -0.25) is 0 Å². The Morgan fingerprint density at radius 1 is 1.47 bits per heavy atom. The smallest absolute Gasteiger partial charge is 0.159 e. The molecule has 0 aliphatic heterocycles.